The number of esters is 1. The Balaban J connectivity index is 1.74. The lowest BCUT2D eigenvalue weighted by atomic mass is 10.4. The minimum atomic E-state index is -0.488. The number of aryl methyl sites for hydroxylation is 2. The fourth-order valence-electron chi connectivity index (χ4n) is 2.57. The molecule has 0 fully saturated rings. The minimum absolute atomic E-state index is 0.0277. The second kappa shape index (κ2) is 7.53. The van der Waals surface area contributed by atoms with Crippen LogP contribution in [0.5, 0.6) is 0 Å². The third-order valence-corrected chi connectivity index (χ3v) is 3.86. The van der Waals surface area contributed by atoms with E-state index >= 15 is 0 Å². The van der Waals surface area contributed by atoms with Gasteiger partial charge >= 0.3 is 11.7 Å². The fraction of sp³-hybridized carbons (Fsp3) is 0.467. The van der Waals surface area contributed by atoms with Crippen molar-refractivity contribution in [1.29, 1.82) is 0 Å². The predicted molar refractivity (Wildman–Crippen MR) is 91.9 cm³/mol. The van der Waals surface area contributed by atoms with Gasteiger partial charge in [-0.15, -0.1) is 5.10 Å². The van der Waals surface area contributed by atoms with Crippen molar-refractivity contribution in [3.05, 3.63) is 39.1 Å². The molecule has 0 saturated heterocycles. The molecule has 0 unspecified atom stereocenters. The molecule has 0 aromatic carbocycles. The van der Waals surface area contributed by atoms with Crippen LogP contribution in [0, 0.1) is 0 Å². The normalized spacial score (nSPS) is 11.2. The molecule has 12 nitrogen and oxygen atoms in total. The van der Waals surface area contributed by atoms with E-state index in [4.69, 9.17) is 9.47 Å². The van der Waals surface area contributed by atoms with Gasteiger partial charge in [0.2, 0.25) is 0 Å². The van der Waals surface area contributed by atoms with Crippen LogP contribution < -0.4 is 11.2 Å². The highest BCUT2D eigenvalue weighted by molar-refractivity contribution is 5.69. The maximum Gasteiger partial charge on any atom is 0.332 e. The molecule has 0 aliphatic heterocycles. The fourth-order valence-corrected chi connectivity index (χ4v) is 2.57. The summed E-state index contributed by atoms with van der Waals surface area (Å²) >= 11 is 0. The third-order valence-electron chi connectivity index (χ3n) is 3.86. The molecule has 12 heteroatoms. The average molecular weight is 377 g/mol. The molecule has 3 aromatic heterocycles. The van der Waals surface area contributed by atoms with Gasteiger partial charge in [-0.1, -0.05) is 5.21 Å². The van der Waals surface area contributed by atoms with E-state index in [9.17, 15) is 14.4 Å². The quantitative estimate of drug-likeness (QED) is 0.364. The van der Waals surface area contributed by atoms with Crippen LogP contribution >= 0.6 is 0 Å². The summed E-state index contributed by atoms with van der Waals surface area (Å²) in [5, 5.41) is 7.85. The Morgan fingerprint density at radius 2 is 2.00 bits per heavy atom. The zero-order valence-corrected chi connectivity index (χ0v) is 15.2. The van der Waals surface area contributed by atoms with Crippen LogP contribution in [0.15, 0.2) is 22.1 Å². The standard InChI is InChI=1S/C15H19N7O5/c1-10(23)27-5-4-26-9-21-6-11(17-18-21)7-22-14(24)12-13(16-8-19(12)2)20(3)15(22)25/h6,8H,4-5,7,9H2,1-3H3. The summed E-state index contributed by atoms with van der Waals surface area (Å²) in [4.78, 5) is 39.9. The number of hydrogen-bond donors (Lipinski definition) is 0. The van der Waals surface area contributed by atoms with Gasteiger partial charge in [-0.05, 0) is 0 Å². The molecule has 3 rings (SSSR count). The first-order valence-corrected chi connectivity index (χ1v) is 8.09. The molecule has 0 aliphatic rings. The highest BCUT2D eigenvalue weighted by Gasteiger charge is 2.16. The van der Waals surface area contributed by atoms with Crippen LogP contribution in [0.1, 0.15) is 12.6 Å². The Kier molecular flexibility index (Phi) is 5.16. The van der Waals surface area contributed by atoms with Gasteiger partial charge in [0, 0.05) is 21.0 Å². The monoisotopic (exact) mass is 377 g/mol. The number of fused-ring (bicyclic) bond motifs is 1. The molecule has 0 spiro atoms. The van der Waals surface area contributed by atoms with Gasteiger partial charge in [0.25, 0.3) is 5.56 Å². The molecular formula is C15H19N7O5. The molecule has 3 aromatic rings. The number of rotatable bonds is 7. The maximum atomic E-state index is 12.7. The molecular weight excluding hydrogens is 358 g/mol. The highest BCUT2D eigenvalue weighted by Crippen LogP contribution is 2.04. The second-order valence-electron chi connectivity index (χ2n) is 5.89. The lowest BCUT2D eigenvalue weighted by Gasteiger charge is -2.07. The van der Waals surface area contributed by atoms with Gasteiger partial charge in [-0.3, -0.25) is 18.7 Å². The van der Waals surface area contributed by atoms with E-state index < -0.39 is 11.2 Å². The first kappa shape index (κ1) is 18.5. The van der Waals surface area contributed by atoms with E-state index in [-0.39, 0.29) is 32.5 Å². The summed E-state index contributed by atoms with van der Waals surface area (Å²) < 4.78 is 15.4. The van der Waals surface area contributed by atoms with Crippen molar-refractivity contribution in [2.75, 3.05) is 13.2 Å². The topological polar surface area (TPSA) is 128 Å². The van der Waals surface area contributed by atoms with Crippen molar-refractivity contribution in [2.45, 2.75) is 20.2 Å². The smallest absolute Gasteiger partial charge is 0.332 e. The maximum absolute atomic E-state index is 12.7. The van der Waals surface area contributed by atoms with E-state index in [1.54, 1.807) is 24.9 Å². The van der Waals surface area contributed by atoms with E-state index in [0.29, 0.717) is 16.9 Å². The van der Waals surface area contributed by atoms with Crippen molar-refractivity contribution >= 4 is 17.1 Å². The van der Waals surface area contributed by atoms with Gasteiger partial charge in [0.15, 0.2) is 11.2 Å². The Bertz CT molecular complexity index is 1090. The van der Waals surface area contributed by atoms with Gasteiger partial charge in [0.1, 0.15) is 19.0 Å². The molecule has 0 bridgehead atoms. The molecule has 144 valence electrons. The summed E-state index contributed by atoms with van der Waals surface area (Å²) in [7, 11) is 3.25. The number of aromatic nitrogens is 7. The lowest BCUT2D eigenvalue weighted by Crippen LogP contribution is -2.39. The van der Waals surface area contributed by atoms with Crippen molar-refractivity contribution in [3.8, 4) is 0 Å². The third kappa shape index (κ3) is 3.79. The molecule has 0 radical (unpaired) electrons. The minimum Gasteiger partial charge on any atom is -0.463 e. The molecule has 0 N–H and O–H groups in total. The number of ether oxygens (including phenoxy) is 2. The summed E-state index contributed by atoms with van der Waals surface area (Å²) in [6.07, 6.45) is 3.06. The Morgan fingerprint density at radius 1 is 1.22 bits per heavy atom. The van der Waals surface area contributed by atoms with E-state index in [1.807, 2.05) is 0 Å². The zero-order chi connectivity index (χ0) is 19.6. The number of carbonyl (C=O) groups is 1. The summed E-state index contributed by atoms with van der Waals surface area (Å²) in [6, 6.07) is 0. The molecule has 27 heavy (non-hydrogen) atoms. The molecule has 0 saturated carbocycles. The summed E-state index contributed by atoms with van der Waals surface area (Å²) in [5.74, 6) is -0.376. The van der Waals surface area contributed by atoms with E-state index in [2.05, 4.69) is 15.3 Å². The van der Waals surface area contributed by atoms with Crippen molar-refractivity contribution in [3.63, 3.8) is 0 Å². The zero-order valence-electron chi connectivity index (χ0n) is 15.2. The number of hydrogen-bond acceptors (Lipinski definition) is 8. The van der Waals surface area contributed by atoms with Crippen LogP contribution in [0.25, 0.3) is 11.2 Å². The lowest BCUT2D eigenvalue weighted by molar-refractivity contribution is -0.142. The molecule has 0 aliphatic carbocycles. The van der Waals surface area contributed by atoms with Gasteiger partial charge in [-0.2, -0.15) is 0 Å². The Labute approximate surface area is 152 Å². The average Bonchev–Trinajstić information content (AvgIpc) is 3.23. The van der Waals surface area contributed by atoms with Gasteiger partial charge in [-0.25, -0.2) is 14.5 Å². The van der Waals surface area contributed by atoms with Crippen LogP contribution in [0.3, 0.4) is 0 Å². The highest BCUT2D eigenvalue weighted by atomic mass is 16.6. The van der Waals surface area contributed by atoms with Crippen LogP contribution in [0.4, 0.5) is 0 Å². The van der Waals surface area contributed by atoms with Crippen molar-refractivity contribution < 1.29 is 14.3 Å². The summed E-state index contributed by atoms with van der Waals surface area (Å²) in [5.41, 5.74) is 0.157. The first-order valence-electron chi connectivity index (χ1n) is 8.09. The number of carbonyl (C=O) groups excluding carboxylic acids is 1. The van der Waals surface area contributed by atoms with Crippen molar-refractivity contribution in [1.82, 2.24) is 33.7 Å². The number of imidazole rings is 1. The first-order chi connectivity index (χ1) is 12.9. The predicted octanol–water partition coefficient (Wildman–Crippen LogP) is -1.39. The number of nitrogens with zero attached hydrogens (tertiary/aromatic N) is 7. The van der Waals surface area contributed by atoms with Crippen LogP contribution in [0.2, 0.25) is 0 Å². The molecule has 3 heterocycles. The Hall–Kier alpha value is -3.28. The van der Waals surface area contributed by atoms with E-state index in [0.717, 1.165) is 4.57 Å². The van der Waals surface area contributed by atoms with Gasteiger partial charge < -0.3 is 14.0 Å². The van der Waals surface area contributed by atoms with Crippen LogP contribution in [-0.4, -0.2) is 52.9 Å². The van der Waals surface area contributed by atoms with Gasteiger partial charge in [0.05, 0.1) is 25.7 Å². The second-order valence-corrected chi connectivity index (χ2v) is 5.89. The SMILES string of the molecule is CC(=O)OCCOCn1cc(Cn2c(=O)c3c(ncn3C)n(C)c2=O)nn1. The largest absolute Gasteiger partial charge is 0.463 e. The molecule has 0 amide bonds. The van der Waals surface area contributed by atoms with Crippen molar-refractivity contribution in [2.24, 2.45) is 14.1 Å². The van der Waals surface area contributed by atoms with E-state index in [1.165, 1.54) is 22.5 Å². The van der Waals surface area contributed by atoms with Crippen LogP contribution in [-0.2, 0) is 41.6 Å². The Morgan fingerprint density at radius 3 is 2.74 bits per heavy atom. The summed E-state index contributed by atoms with van der Waals surface area (Å²) in [6.45, 7) is 1.75. The molecule has 0 atom stereocenters.